The molecule has 7 heteroatoms. The molecule has 1 aliphatic rings. The average molecular weight is 192 g/mol. The molecular weight excluding hydrogens is 187 g/mol. The van der Waals surface area contributed by atoms with Crippen molar-refractivity contribution >= 4 is 6.98 Å². The van der Waals surface area contributed by atoms with Gasteiger partial charge in [-0.3, -0.25) is 0 Å². The fourth-order valence-electron chi connectivity index (χ4n) is 0.554. The van der Waals surface area contributed by atoms with Gasteiger partial charge >= 0.3 is 58.4 Å². The van der Waals surface area contributed by atoms with Crippen LogP contribution in [0, 0.1) is 0 Å². The third kappa shape index (κ3) is 3.84. The van der Waals surface area contributed by atoms with Gasteiger partial charge in [0.1, 0.15) is 13.2 Å². The second kappa shape index (κ2) is 4.76. The van der Waals surface area contributed by atoms with Crippen LogP contribution in [0.2, 0.25) is 0 Å². The normalized spacial score (nSPS) is 17.2. The molecule has 2 nitrogen and oxygen atoms in total. The van der Waals surface area contributed by atoms with Crippen molar-refractivity contribution in [3.8, 4) is 0 Å². The third-order valence-electron chi connectivity index (χ3n) is 0.992. The van der Waals surface area contributed by atoms with Gasteiger partial charge in [0.2, 0.25) is 0 Å². The molecule has 11 heavy (non-hydrogen) atoms. The number of halogens is 3. The van der Waals surface area contributed by atoms with Gasteiger partial charge in [-0.15, -0.1) is 0 Å². The minimum atomic E-state index is -5.01. The smallest absolute Gasteiger partial charge is 0.523 e. The number of hydrogen-bond acceptors (Lipinski definition) is 2. The molecule has 0 radical (unpaired) electrons. The molecule has 0 amide bonds. The summed E-state index contributed by atoms with van der Waals surface area (Å²) in [6.45, 7) is -4.84. The molecule has 1 aliphatic heterocycles. The van der Waals surface area contributed by atoms with E-state index >= 15 is 0 Å². The molecule has 0 aliphatic carbocycles. The average Bonchev–Trinajstić information content (AvgIpc) is 1.88. The first-order valence-electron chi connectivity index (χ1n) is 2.75. The predicted molar refractivity (Wildman–Crippen MR) is 29.1 cm³/mol. The summed E-state index contributed by atoms with van der Waals surface area (Å²) in [6, 6.07) is 0. The van der Waals surface area contributed by atoms with Gasteiger partial charge in [-0.25, -0.2) is 0 Å². The van der Waals surface area contributed by atoms with E-state index in [1.165, 1.54) is 0 Å². The van der Waals surface area contributed by atoms with Crippen molar-refractivity contribution in [2.75, 3.05) is 13.2 Å². The summed E-state index contributed by atoms with van der Waals surface area (Å²) in [4.78, 5) is 0. The molecule has 0 aromatic carbocycles. The Morgan fingerprint density at radius 1 is 1.27 bits per heavy atom. The molecule has 0 spiro atoms. The third-order valence-corrected chi connectivity index (χ3v) is 0.992. The molecule has 1 rings (SSSR count). The van der Waals surface area contributed by atoms with E-state index in [1.807, 2.05) is 0 Å². The fraction of sp³-hybridized carbons (Fsp3) is 0.500. The van der Waals surface area contributed by atoms with E-state index in [1.54, 1.807) is 0 Å². The van der Waals surface area contributed by atoms with E-state index in [9.17, 15) is 12.9 Å². The Kier molecular flexibility index (Phi) is 5.12. The first-order chi connectivity index (χ1) is 4.61. The minimum absolute atomic E-state index is 0. The van der Waals surface area contributed by atoms with Crippen LogP contribution in [0.15, 0.2) is 11.9 Å². The molecular formula is C4H5BF3KO2. The largest absolute Gasteiger partial charge is 1.00 e. The summed E-state index contributed by atoms with van der Waals surface area (Å²) in [5.41, 5.74) is -0.994. The maximum Gasteiger partial charge on any atom is 1.00 e. The molecule has 58 valence electrons. The van der Waals surface area contributed by atoms with Gasteiger partial charge in [-0.1, -0.05) is 0 Å². The number of rotatable bonds is 1. The van der Waals surface area contributed by atoms with Crippen LogP contribution in [0.1, 0.15) is 0 Å². The summed E-state index contributed by atoms with van der Waals surface area (Å²) >= 11 is 0. The van der Waals surface area contributed by atoms with Crippen LogP contribution in [0.3, 0.4) is 0 Å². The standard InChI is InChI=1S/C4H5BF3O2.K/c6-5(7,8)4-3-9-1-2-10-4;/h3H,1-2H2;/q-1;+1. The van der Waals surface area contributed by atoms with E-state index < -0.39 is 12.6 Å². The SMILES string of the molecule is F[B-](F)(F)C1=COCCO1.[K+]. The molecule has 0 saturated heterocycles. The summed E-state index contributed by atoms with van der Waals surface area (Å²) < 4.78 is 43.9. The van der Waals surface area contributed by atoms with E-state index in [4.69, 9.17) is 0 Å². The van der Waals surface area contributed by atoms with Crippen LogP contribution in [0.5, 0.6) is 0 Å². The monoisotopic (exact) mass is 192 g/mol. The Bertz CT molecular complexity index is 158. The van der Waals surface area contributed by atoms with Gasteiger partial charge in [0.15, 0.2) is 0 Å². The minimum Gasteiger partial charge on any atom is -0.523 e. The summed E-state index contributed by atoms with van der Waals surface area (Å²) in [6.07, 6.45) is 0.615. The Morgan fingerprint density at radius 2 is 1.91 bits per heavy atom. The van der Waals surface area contributed by atoms with Gasteiger partial charge in [0, 0.05) is 0 Å². The van der Waals surface area contributed by atoms with Gasteiger partial charge in [-0.05, 0) is 0 Å². The quantitative estimate of drug-likeness (QED) is 0.459. The second-order valence-corrected chi connectivity index (χ2v) is 1.81. The van der Waals surface area contributed by atoms with Crippen LogP contribution in [-0.2, 0) is 9.47 Å². The van der Waals surface area contributed by atoms with Crippen LogP contribution in [-0.4, -0.2) is 20.2 Å². The van der Waals surface area contributed by atoms with E-state index in [0.29, 0.717) is 6.26 Å². The molecule has 0 aromatic heterocycles. The zero-order valence-corrected chi connectivity index (χ0v) is 9.14. The molecule has 0 fully saturated rings. The van der Waals surface area contributed by atoms with Crippen molar-refractivity contribution < 1.29 is 73.8 Å². The Labute approximate surface area is 105 Å². The first kappa shape index (κ1) is 11.8. The Hall–Kier alpha value is 0.831. The molecule has 0 bridgehead atoms. The van der Waals surface area contributed by atoms with Gasteiger partial charge in [0.05, 0.1) is 11.9 Å². The Balaban J connectivity index is 0.000001000. The summed E-state index contributed by atoms with van der Waals surface area (Å²) in [7, 11) is 0. The van der Waals surface area contributed by atoms with Gasteiger partial charge in [0.25, 0.3) is 0 Å². The van der Waals surface area contributed by atoms with Crippen LogP contribution < -0.4 is 51.4 Å². The van der Waals surface area contributed by atoms with Crippen molar-refractivity contribution in [2.24, 2.45) is 0 Å². The molecule has 0 aromatic rings. The predicted octanol–water partition coefficient (Wildman–Crippen LogP) is -1.73. The van der Waals surface area contributed by atoms with Crippen molar-refractivity contribution in [2.45, 2.75) is 0 Å². The second-order valence-electron chi connectivity index (χ2n) is 1.81. The maximum absolute atomic E-state index is 11.7. The molecule has 1 heterocycles. The fourth-order valence-corrected chi connectivity index (χ4v) is 0.554. The van der Waals surface area contributed by atoms with Crippen molar-refractivity contribution in [1.82, 2.24) is 0 Å². The molecule has 0 saturated carbocycles. The number of ether oxygens (including phenoxy) is 2. The first-order valence-corrected chi connectivity index (χ1v) is 2.75. The topological polar surface area (TPSA) is 18.5 Å². The van der Waals surface area contributed by atoms with Crippen LogP contribution in [0.25, 0.3) is 0 Å². The zero-order valence-electron chi connectivity index (χ0n) is 6.02. The van der Waals surface area contributed by atoms with E-state index in [2.05, 4.69) is 9.47 Å². The molecule has 0 unspecified atom stereocenters. The van der Waals surface area contributed by atoms with Gasteiger partial charge in [-0.2, -0.15) is 0 Å². The van der Waals surface area contributed by atoms with Crippen LogP contribution in [0.4, 0.5) is 12.9 Å². The van der Waals surface area contributed by atoms with Gasteiger partial charge < -0.3 is 22.4 Å². The van der Waals surface area contributed by atoms with E-state index in [0.717, 1.165) is 0 Å². The van der Waals surface area contributed by atoms with Crippen molar-refractivity contribution in [3.05, 3.63) is 11.9 Å². The number of hydrogen-bond donors (Lipinski definition) is 0. The van der Waals surface area contributed by atoms with Crippen molar-refractivity contribution in [1.29, 1.82) is 0 Å². The maximum atomic E-state index is 11.7. The summed E-state index contributed by atoms with van der Waals surface area (Å²) in [5.74, 6) is 0. The Morgan fingerprint density at radius 3 is 2.18 bits per heavy atom. The molecule has 0 atom stereocenters. The molecule has 0 N–H and O–H groups in total. The van der Waals surface area contributed by atoms with Crippen LogP contribution >= 0.6 is 0 Å². The zero-order chi connectivity index (χ0) is 7.61. The summed E-state index contributed by atoms with van der Waals surface area (Å²) in [5, 5.41) is 0. The van der Waals surface area contributed by atoms with E-state index in [-0.39, 0.29) is 64.6 Å². The van der Waals surface area contributed by atoms with Crippen molar-refractivity contribution in [3.63, 3.8) is 0 Å².